The quantitative estimate of drug-likeness (QED) is 0.745. The van der Waals surface area contributed by atoms with Gasteiger partial charge in [0.2, 0.25) is 10.0 Å². The molecule has 0 unspecified atom stereocenters. The highest BCUT2D eigenvalue weighted by atomic mass is 32.2. The van der Waals surface area contributed by atoms with Crippen molar-refractivity contribution in [3.63, 3.8) is 0 Å². The molecule has 6 nitrogen and oxygen atoms in total. The molecule has 0 atom stereocenters. The normalized spacial score (nSPS) is 11.1. The van der Waals surface area contributed by atoms with E-state index in [1.807, 2.05) is 0 Å². The minimum Gasteiger partial charge on any atom is -0.496 e. The molecule has 2 aromatic carbocycles. The van der Waals surface area contributed by atoms with Crippen LogP contribution in [0.25, 0.3) is 0 Å². The summed E-state index contributed by atoms with van der Waals surface area (Å²) in [5.41, 5.74) is 0.977. The fourth-order valence-electron chi connectivity index (χ4n) is 2.11. The number of hydrogen-bond acceptors (Lipinski definition) is 4. The third-order valence-electron chi connectivity index (χ3n) is 3.44. The molecule has 2 rings (SSSR count). The summed E-state index contributed by atoms with van der Waals surface area (Å²) in [7, 11) is -2.06. The Kier molecular flexibility index (Phi) is 6.49. The molecule has 0 aliphatic heterocycles. The number of carbonyl (C=O) groups is 1. The number of hydrogen-bond donors (Lipinski definition) is 2. The summed E-state index contributed by atoms with van der Waals surface area (Å²) in [6, 6.07) is 12.1. The second-order valence-corrected chi connectivity index (χ2v) is 7.14. The molecule has 0 aliphatic rings. The van der Waals surface area contributed by atoms with Crippen LogP contribution in [0, 0.1) is 5.82 Å². The average molecular weight is 366 g/mol. The van der Waals surface area contributed by atoms with E-state index in [9.17, 15) is 17.6 Å². The average Bonchev–Trinajstić information content (AvgIpc) is 2.60. The zero-order chi connectivity index (χ0) is 18.3. The van der Waals surface area contributed by atoms with Gasteiger partial charge in [0.05, 0.1) is 12.9 Å². The van der Waals surface area contributed by atoms with Gasteiger partial charge < -0.3 is 10.1 Å². The fraction of sp³-hybridized carbons (Fsp3) is 0.235. The molecule has 0 saturated carbocycles. The number of halogens is 1. The molecular weight excluding hydrogens is 347 g/mol. The van der Waals surface area contributed by atoms with Crippen molar-refractivity contribution in [3.8, 4) is 5.75 Å². The van der Waals surface area contributed by atoms with Crippen molar-refractivity contribution in [3.05, 3.63) is 65.5 Å². The molecule has 1 amide bonds. The maximum Gasteiger partial charge on any atom is 0.251 e. The lowest BCUT2D eigenvalue weighted by molar-refractivity contribution is 0.0956. The Bertz CT molecular complexity index is 823. The molecule has 0 bridgehead atoms. The smallest absolute Gasteiger partial charge is 0.251 e. The molecule has 8 heteroatoms. The Balaban J connectivity index is 1.83. The van der Waals surface area contributed by atoms with Crippen LogP contribution in [-0.4, -0.2) is 33.7 Å². The zero-order valence-corrected chi connectivity index (χ0v) is 14.5. The van der Waals surface area contributed by atoms with Gasteiger partial charge in [0, 0.05) is 24.2 Å². The lowest BCUT2D eigenvalue weighted by Gasteiger charge is -2.10. The van der Waals surface area contributed by atoms with Gasteiger partial charge in [-0.2, -0.15) is 0 Å². The van der Waals surface area contributed by atoms with Crippen LogP contribution in [0.4, 0.5) is 4.39 Å². The predicted octanol–water partition coefficient (Wildman–Crippen LogP) is 1.68. The van der Waals surface area contributed by atoms with Gasteiger partial charge in [-0.05, 0) is 30.3 Å². The van der Waals surface area contributed by atoms with Crippen molar-refractivity contribution in [1.29, 1.82) is 0 Å². The van der Waals surface area contributed by atoms with Gasteiger partial charge in [-0.15, -0.1) is 0 Å². The molecule has 0 fully saturated rings. The Hall–Kier alpha value is -2.45. The van der Waals surface area contributed by atoms with E-state index in [4.69, 9.17) is 4.74 Å². The Morgan fingerprint density at radius 2 is 1.80 bits per heavy atom. The van der Waals surface area contributed by atoms with Crippen molar-refractivity contribution in [2.75, 3.05) is 19.4 Å². The topological polar surface area (TPSA) is 84.5 Å². The second kappa shape index (κ2) is 8.59. The fourth-order valence-corrected chi connectivity index (χ4v) is 3.00. The van der Waals surface area contributed by atoms with Gasteiger partial charge in [-0.1, -0.05) is 18.2 Å². The third-order valence-corrected chi connectivity index (χ3v) is 4.76. The van der Waals surface area contributed by atoms with Crippen LogP contribution in [0.5, 0.6) is 5.75 Å². The van der Waals surface area contributed by atoms with Crippen molar-refractivity contribution in [1.82, 2.24) is 10.0 Å². The van der Waals surface area contributed by atoms with Crippen LogP contribution in [0.15, 0.2) is 48.5 Å². The van der Waals surface area contributed by atoms with E-state index >= 15 is 0 Å². The first-order chi connectivity index (χ1) is 11.9. The first-order valence-corrected chi connectivity index (χ1v) is 9.19. The zero-order valence-electron chi connectivity index (χ0n) is 13.7. The van der Waals surface area contributed by atoms with Crippen molar-refractivity contribution >= 4 is 15.9 Å². The summed E-state index contributed by atoms with van der Waals surface area (Å²) in [4.78, 5) is 11.8. The van der Waals surface area contributed by atoms with Gasteiger partial charge in [-0.3, -0.25) is 4.79 Å². The standard InChI is InChI=1S/C17H19FN2O4S/c1-24-16-5-3-2-4-14(16)12-20-25(22,23)11-10-19-17(21)13-6-8-15(18)9-7-13/h2-9,20H,10-12H2,1H3,(H,19,21). The van der Waals surface area contributed by atoms with Gasteiger partial charge in [0.15, 0.2) is 0 Å². The van der Waals surface area contributed by atoms with Crippen LogP contribution in [0.1, 0.15) is 15.9 Å². The Labute approximate surface area is 146 Å². The van der Waals surface area contributed by atoms with Crippen molar-refractivity contribution in [2.45, 2.75) is 6.54 Å². The van der Waals surface area contributed by atoms with E-state index in [-0.39, 0.29) is 24.4 Å². The number of rotatable bonds is 8. The minimum atomic E-state index is -3.57. The summed E-state index contributed by atoms with van der Waals surface area (Å²) in [6.45, 7) is 0.0374. The number of benzene rings is 2. The van der Waals surface area contributed by atoms with E-state index in [0.717, 1.165) is 0 Å². The largest absolute Gasteiger partial charge is 0.496 e. The number of methoxy groups -OCH3 is 1. The van der Waals surface area contributed by atoms with Gasteiger partial charge in [0.1, 0.15) is 11.6 Å². The molecule has 0 saturated heterocycles. The molecule has 0 heterocycles. The van der Waals surface area contributed by atoms with E-state index in [0.29, 0.717) is 11.3 Å². The maximum atomic E-state index is 12.8. The van der Waals surface area contributed by atoms with Gasteiger partial charge in [0.25, 0.3) is 5.91 Å². The number of para-hydroxylation sites is 1. The molecule has 2 N–H and O–H groups in total. The highest BCUT2D eigenvalue weighted by Crippen LogP contribution is 2.16. The van der Waals surface area contributed by atoms with Crippen LogP contribution in [0.2, 0.25) is 0 Å². The first kappa shape index (κ1) is 18.9. The number of ether oxygens (including phenoxy) is 1. The van der Waals surface area contributed by atoms with Crippen LogP contribution in [0.3, 0.4) is 0 Å². The molecule has 0 aromatic heterocycles. The number of amides is 1. The summed E-state index contributed by atoms with van der Waals surface area (Å²) in [6.07, 6.45) is 0. The number of carbonyl (C=O) groups excluding carboxylic acids is 1. The molecule has 0 radical (unpaired) electrons. The number of nitrogens with one attached hydrogen (secondary N) is 2. The lowest BCUT2D eigenvalue weighted by Crippen LogP contribution is -2.34. The van der Waals surface area contributed by atoms with E-state index in [1.54, 1.807) is 24.3 Å². The molecule has 0 spiro atoms. The highest BCUT2D eigenvalue weighted by Gasteiger charge is 2.13. The summed E-state index contributed by atoms with van der Waals surface area (Å²) < 4.78 is 44.5. The van der Waals surface area contributed by atoms with E-state index in [1.165, 1.54) is 31.4 Å². The molecule has 2 aromatic rings. The van der Waals surface area contributed by atoms with Gasteiger partial charge >= 0.3 is 0 Å². The predicted molar refractivity (Wildman–Crippen MR) is 92.4 cm³/mol. The third kappa shape index (κ3) is 5.84. The Morgan fingerprint density at radius 3 is 2.48 bits per heavy atom. The van der Waals surface area contributed by atoms with E-state index in [2.05, 4.69) is 10.0 Å². The summed E-state index contributed by atoms with van der Waals surface area (Å²) in [5.74, 6) is -0.579. The Morgan fingerprint density at radius 1 is 1.12 bits per heavy atom. The molecule has 0 aliphatic carbocycles. The summed E-state index contributed by atoms with van der Waals surface area (Å²) >= 11 is 0. The highest BCUT2D eigenvalue weighted by molar-refractivity contribution is 7.89. The molecule has 134 valence electrons. The maximum absolute atomic E-state index is 12.8. The van der Waals surface area contributed by atoms with Crippen molar-refractivity contribution in [2.24, 2.45) is 0 Å². The lowest BCUT2D eigenvalue weighted by atomic mass is 10.2. The SMILES string of the molecule is COc1ccccc1CNS(=O)(=O)CCNC(=O)c1ccc(F)cc1. The van der Waals surface area contributed by atoms with Crippen molar-refractivity contribution < 1.29 is 22.3 Å². The van der Waals surface area contributed by atoms with E-state index < -0.39 is 21.7 Å². The molecular formula is C17H19FN2O4S. The second-order valence-electron chi connectivity index (χ2n) is 5.21. The van der Waals surface area contributed by atoms with Crippen LogP contribution < -0.4 is 14.8 Å². The van der Waals surface area contributed by atoms with Crippen LogP contribution in [-0.2, 0) is 16.6 Å². The van der Waals surface area contributed by atoms with Crippen LogP contribution >= 0.6 is 0 Å². The minimum absolute atomic E-state index is 0.0581. The number of sulfonamides is 1. The monoisotopic (exact) mass is 366 g/mol. The first-order valence-electron chi connectivity index (χ1n) is 7.54. The van der Waals surface area contributed by atoms with Gasteiger partial charge in [-0.25, -0.2) is 17.5 Å². The summed E-state index contributed by atoms with van der Waals surface area (Å²) in [5, 5.41) is 2.49. The molecule has 25 heavy (non-hydrogen) atoms.